The minimum Gasteiger partial charge on any atom is -0.468 e. The lowest BCUT2D eigenvalue weighted by Crippen LogP contribution is -2.18. The van der Waals surface area contributed by atoms with Crippen molar-refractivity contribution in [2.75, 3.05) is 7.11 Å². The van der Waals surface area contributed by atoms with Crippen molar-refractivity contribution in [3.8, 4) is 11.4 Å². The van der Waals surface area contributed by atoms with Crippen LogP contribution in [0.5, 0.6) is 0 Å². The van der Waals surface area contributed by atoms with E-state index in [-0.39, 0.29) is 11.2 Å². The third kappa shape index (κ3) is 4.18. The summed E-state index contributed by atoms with van der Waals surface area (Å²) >= 11 is 13.8. The van der Waals surface area contributed by atoms with E-state index in [1.807, 2.05) is 13.0 Å². The van der Waals surface area contributed by atoms with Crippen LogP contribution in [-0.4, -0.2) is 33.1 Å². The maximum absolute atomic E-state index is 11.8. The van der Waals surface area contributed by atoms with Crippen molar-refractivity contribution >= 4 is 40.9 Å². The minimum atomic E-state index is -0.361. The Kier molecular flexibility index (Phi) is 6.48. The zero-order valence-corrected chi connectivity index (χ0v) is 17.1. The van der Waals surface area contributed by atoms with E-state index in [9.17, 15) is 4.79 Å². The zero-order chi connectivity index (χ0) is 18.7. The molecule has 5 nitrogen and oxygen atoms in total. The number of halogens is 2. The Hall–Kier alpha value is -1.24. The number of rotatable bonds is 5. The van der Waals surface area contributed by atoms with Gasteiger partial charge >= 0.3 is 5.97 Å². The molecule has 140 valence electrons. The largest absolute Gasteiger partial charge is 0.468 e. The SMILES string of the molecule is COC(=O)[C@@H](C)Sc1nnc(-c2ccc(Cl)cc2Cl)n1C1CCCCC1. The summed E-state index contributed by atoms with van der Waals surface area (Å²) in [4.78, 5) is 11.8. The summed E-state index contributed by atoms with van der Waals surface area (Å²) in [5.41, 5.74) is 0.798. The molecule has 1 saturated carbocycles. The van der Waals surface area contributed by atoms with E-state index in [0.29, 0.717) is 16.1 Å². The third-order valence-electron chi connectivity index (χ3n) is 4.59. The molecule has 1 aromatic heterocycles. The van der Waals surface area contributed by atoms with Gasteiger partial charge in [0, 0.05) is 16.6 Å². The van der Waals surface area contributed by atoms with Crippen molar-refractivity contribution in [2.24, 2.45) is 0 Å². The van der Waals surface area contributed by atoms with Crippen LogP contribution in [0, 0.1) is 0 Å². The lowest BCUT2D eigenvalue weighted by atomic mass is 9.95. The van der Waals surface area contributed by atoms with Gasteiger partial charge in [0.1, 0.15) is 5.25 Å². The first-order valence-electron chi connectivity index (χ1n) is 8.66. The van der Waals surface area contributed by atoms with Crippen molar-refractivity contribution in [2.45, 2.75) is 55.5 Å². The standard InChI is InChI=1S/C18H21Cl2N3O2S/c1-11(17(24)25-2)26-18-22-21-16(14-9-8-12(19)10-15(14)20)23(18)13-6-4-3-5-7-13/h8-11,13H,3-7H2,1-2H3/t11-/m1/s1. The Morgan fingerprint density at radius 1 is 1.27 bits per heavy atom. The van der Waals surface area contributed by atoms with Crippen LogP contribution in [0.3, 0.4) is 0 Å². The molecule has 0 spiro atoms. The summed E-state index contributed by atoms with van der Waals surface area (Å²) in [5, 5.41) is 10.2. The van der Waals surface area contributed by atoms with E-state index in [1.54, 1.807) is 12.1 Å². The predicted molar refractivity (Wildman–Crippen MR) is 105 cm³/mol. The summed E-state index contributed by atoms with van der Waals surface area (Å²) in [5.74, 6) is 0.442. The van der Waals surface area contributed by atoms with Crippen molar-refractivity contribution in [1.82, 2.24) is 14.8 Å². The summed E-state index contributed by atoms with van der Waals surface area (Å²) in [6.07, 6.45) is 5.73. The van der Waals surface area contributed by atoms with Gasteiger partial charge in [-0.15, -0.1) is 10.2 Å². The Morgan fingerprint density at radius 2 is 2.00 bits per heavy atom. The van der Waals surface area contributed by atoms with Gasteiger partial charge in [0.15, 0.2) is 11.0 Å². The fraction of sp³-hybridized carbons (Fsp3) is 0.500. The van der Waals surface area contributed by atoms with Gasteiger partial charge in [0.2, 0.25) is 0 Å². The average Bonchev–Trinajstić information content (AvgIpc) is 3.04. The second kappa shape index (κ2) is 8.63. The molecule has 1 heterocycles. The summed E-state index contributed by atoms with van der Waals surface area (Å²) in [6, 6.07) is 5.67. The quantitative estimate of drug-likeness (QED) is 0.484. The number of ether oxygens (including phenoxy) is 1. The van der Waals surface area contributed by atoms with Crippen LogP contribution in [0.2, 0.25) is 10.0 Å². The molecule has 1 aliphatic carbocycles. The molecule has 0 unspecified atom stereocenters. The number of carbonyl (C=O) groups excluding carboxylic acids is 1. The van der Waals surface area contributed by atoms with Crippen LogP contribution in [-0.2, 0) is 9.53 Å². The van der Waals surface area contributed by atoms with Crippen molar-refractivity contribution in [3.63, 3.8) is 0 Å². The molecule has 2 aromatic rings. The minimum absolute atomic E-state index is 0.278. The fourth-order valence-corrected chi connectivity index (χ4v) is 4.69. The number of hydrogen-bond acceptors (Lipinski definition) is 5. The molecular weight excluding hydrogens is 393 g/mol. The number of methoxy groups -OCH3 is 1. The van der Waals surface area contributed by atoms with Crippen LogP contribution < -0.4 is 0 Å². The van der Waals surface area contributed by atoms with Crippen molar-refractivity contribution < 1.29 is 9.53 Å². The van der Waals surface area contributed by atoms with Crippen LogP contribution in [0.4, 0.5) is 0 Å². The zero-order valence-electron chi connectivity index (χ0n) is 14.7. The number of aromatic nitrogens is 3. The molecular formula is C18H21Cl2N3O2S. The first-order valence-corrected chi connectivity index (χ1v) is 10.3. The summed E-state index contributed by atoms with van der Waals surface area (Å²) in [7, 11) is 1.39. The summed E-state index contributed by atoms with van der Waals surface area (Å²) < 4.78 is 6.98. The van der Waals surface area contributed by atoms with Crippen molar-refractivity contribution in [1.29, 1.82) is 0 Å². The fourth-order valence-electron chi connectivity index (χ4n) is 3.25. The monoisotopic (exact) mass is 413 g/mol. The van der Waals surface area contributed by atoms with E-state index >= 15 is 0 Å². The van der Waals surface area contributed by atoms with E-state index in [1.165, 1.54) is 38.1 Å². The number of carbonyl (C=O) groups is 1. The number of benzene rings is 1. The van der Waals surface area contributed by atoms with Crippen LogP contribution in [0.25, 0.3) is 11.4 Å². The highest BCUT2D eigenvalue weighted by atomic mass is 35.5. The molecule has 0 saturated heterocycles. The van der Waals surface area contributed by atoms with Crippen LogP contribution in [0.15, 0.2) is 23.4 Å². The molecule has 3 rings (SSSR count). The summed E-state index contributed by atoms with van der Waals surface area (Å²) in [6.45, 7) is 1.81. The number of thioether (sulfide) groups is 1. The highest BCUT2D eigenvalue weighted by molar-refractivity contribution is 8.00. The molecule has 1 aromatic carbocycles. The molecule has 1 aliphatic rings. The Balaban J connectivity index is 2.02. The maximum atomic E-state index is 11.8. The van der Waals surface area contributed by atoms with Crippen LogP contribution >= 0.6 is 35.0 Å². The molecule has 8 heteroatoms. The molecule has 0 aliphatic heterocycles. The smallest absolute Gasteiger partial charge is 0.318 e. The van der Waals surface area contributed by atoms with Gasteiger partial charge in [0.25, 0.3) is 0 Å². The Labute approximate surface area is 167 Å². The normalized spacial score (nSPS) is 16.5. The predicted octanol–water partition coefficient (Wildman–Crippen LogP) is 5.41. The van der Waals surface area contributed by atoms with Gasteiger partial charge in [0.05, 0.1) is 12.1 Å². The molecule has 1 atom stereocenters. The van der Waals surface area contributed by atoms with E-state index in [0.717, 1.165) is 29.4 Å². The topological polar surface area (TPSA) is 57.0 Å². The lowest BCUT2D eigenvalue weighted by Gasteiger charge is -2.26. The van der Waals surface area contributed by atoms with Gasteiger partial charge in [-0.25, -0.2) is 0 Å². The number of hydrogen-bond donors (Lipinski definition) is 0. The molecule has 0 bridgehead atoms. The number of nitrogens with zero attached hydrogens (tertiary/aromatic N) is 3. The van der Waals surface area contributed by atoms with E-state index in [4.69, 9.17) is 27.9 Å². The van der Waals surface area contributed by atoms with Crippen molar-refractivity contribution in [3.05, 3.63) is 28.2 Å². The van der Waals surface area contributed by atoms with Gasteiger partial charge in [-0.2, -0.15) is 0 Å². The molecule has 0 N–H and O–H groups in total. The third-order valence-corrected chi connectivity index (χ3v) is 6.17. The van der Waals surface area contributed by atoms with Gasteiger partial charge in [-0.1, -0.05) is 54.2 Å². The van der Waals surface area contributed by atoms with Gasteiger partial charge in [-0.3, -0.25) is 9.36 Å². The molecule has 1 fully saturated rings. The van der Waals surface area contributed by atoms with Gasteiger partial charge < -0.3 is 4.74 Å². The average molecular weight is 414 g/mol. The maximum Gasteiger partial charge on any atom is 0.318 e. The highest BCUT2D eigenvalue weighted by Gasteiger charge is 2.27. The first kappa shape index (κ1) is 19.5. The number of esters is 1. The van der Waals surface area contributed by atoms with E-state index < -0.39 is 0 Å². The first-order chi connectivity index (χ1) is 12.5. The second-order valence-corrected chi connectivity index (χ2v) is 8.53. The van der Waals surface area contributed by atoms with E-state index in [2.05, 4.69) is 14.8 Å². The highest BCUT2D eigenvalue weighted by Crippen LogP contribution is 2.38. The second-order valence-electron chi connectivity index (χ2n) is 6.38. The lowest BCUT2D eigenvalue weighted by molar-refractivity contribution is -0.139. The Morgan fingerprint density at radius 3 is 2.65 bits per heavy atom. The molecule has 0 radical (unpaired) electrons. The molecule has 0 amide bonds. The van der Waals surface area contributed by atoms with Crippen LogP contribution in [0.1, 0.15) is 45.1 Å². The van der Waals surface area contributed by atoms with Gasteiger partial charge in [-0.05, 0) is 38.0 Å². The molecule has 26 heavy (non-hydrogen) atoms. The Bertz CT molecular complexity index is 791.